The molecule has 0 aliphatic carbocycles. The van der Waals surface area contributed by atoms with Crippen molar-refractivity contribution in [2.24, 2.45) is 0 Å². The van der Waals surface area contributed by atoms with Gasteiger partial charge in [-0.1, -0.05) is 33.8 Å². The normalized spacial score (nSPS) is 22.2. The second kappa shape index (κ2) is 8.19. The van der Waals surface area contributed by atoms with Gasteiger partial charge >= 0.3 is 0 Å². The standard InChI is InChI=1S/C22H35N3O2/c1-15(2)17-12-19(16(3)4)21(26)20(13-17)22(27)25-7-6-18(14-25)24-10-8-23(5)9-11-24/h12-13,15-16,18,26H,6-11,14H2,1-5H3. The molecule has 1 N–H and O–H groups in total. The lowest BCUT2D eigenvalue weighted by molar-refractivity contribution is 0.0752. The van der Waals surface area contributed by atoms with Crippen molar-refractivity contribution in [2.75, 3.05) is 46.3 Å². The number of carbonyl (C=O) groups is 1. The SMILES string of the molecule is CC(C)c1cc(C(=O)N2CCC(N3CCN(C)CC3)C2)c(O)c(C(C)C)c1. The fourth-order valence-corrected chi connectivity index (χ4v) is 4.20. The molecule has 3 rings (SSSR count). The minimum atomic E-state index is -0.0199. The highest BCUT2D eigenvalue weighted by Crippen LogP contribution is 2.34. The number of aromatic hydroxyl groups is 1. The Labute approximate surface area is 163 Å². The van der Waals surface area contributed by atoms with E-state index in [4.69, 9.17) is 0 Å². The number of phenolic OH excluding ortho intramolecular Hbond substituents is 1. The molecule has 27 heavy (non-hydrogen) atoms. The zero-order valence-corrected chi connectivity index (χ0v) is 17.5. The Hall–Kier alpha value is -1.59. The van der Waals surface area contributed by atoms with Crippen LogP contribution in [0.5, 0.6) is 5.75 Å². The Morgan fingerprint density at radius 3 is 2.30 bits per heavy atom. The minimum absolute atomic E-state index is 0.0199. The number of likely N-dealkylation sites (N-methyl/N-ethyl adjacent to an activating group) is 1. The molecule has 2 saturated heterocycles. The lowest BCUT2D eigenvalue weighted by Crippen LogP contribution is -2.50. The number of hydrogen-bond acceptors (Lipinski definition) is 4. The second-order valence-corrected chi connectivity index (χ2v) is 8.85. The molecule has 2 aliphatic heterocycles. The maximum Gasteiger partial charge on any atom is 0.257 e. The van der Waals surface area contributed by atoms with E-state index in [1.54, 1.807) is 0 Å². The number of phenols is 1. The highest BCUT2D eigenvalue weighted by molar-refractivity contribution is 5.97. The molecule has 0 spiro atoms. The second-order valence-electron chi connectivity index (χ2n) is 8.85. The largest absolute Gasteiger partial charge is 0.507 e. The number of amides is 1. The van der Waals surface area contributed by atoms with Gasteiger partial charge in [0.05, 0.1) is 5.56 Å². The van der Waals surface area contributed by atoms with E-state index in [-0.39, 0.29) is 17.6 Å². The van der Waals surface area contributed by atoms with Crippen molar-refractivity contribution >= 4 is 5.91 Å². The van der Waals surface area contributed by atoms with Gasteiger partial charge in [0.1, 0.15) is 5.75 Å². The number of benzene rings is 1. The maximum absolute atomic E-state index is 13.2. The lowest BCUT2D eigenvalue weighted by atomic mass is 9.91. The zero-order chi connectivity index (χ0) is 19.7. The Bertz CT molecular complexity index is 678. The van der Waals surface area contributed by atoms with Gasteiger partial charge in [-0.25, -0.2) is 0 Å². The summed E-state index contributed by atoms with van der Waals surface area (Å²) in [7, 11) is 2.17. The first-order valence-electron chi connectivity index (χ1n) is 10.4. The number of nitrogens with zero attached hydrogens (tertiary/aromatic N) is 3. The van der Waals surface area contributed by atoms with E-state index in [1.807, 2.05) is 11.0 Å². The van der Waals surface area contributed by atoms with Crippen molar-refractivity contribution in [3.05, 3.63) is 28.8 Å². The van der Waals surface area contributed by atoms with Crippen LogP contribution in [-0.2, 0) is 0 Å². The first-order chi connectivity index (χ1) is 12.8. The fourth-order valence-electron chi connectivity index (χ4n) is 4.20. The molecule has 0 saturated carbocycles. The summed E-state index contributed by atoms with van der Waals surface area (Å²) >= 11 is 0. The third kappa shape index (κ3) is 4.30. The molecule has 1 aromatic rings. The molecular formula is C22H35N3O2. The maximum atomic E-state index is 13.2. The van der Waals surface area contributed by atoms with E-state index in [2.05, 4.69) is 50.6 Å². The third-order valence-electron chi connectivity index (χ3n) is 6.19. The van der Waals surface area contributed by atoms with E-state index >= 15 is 0 Å². The van der Waals surface area contributed by atoms with Crippen molar-refractivity contribution < 1.29 is 9.90 Å². The minimum Gasteiger partial charge on any atom is -0.507 e. The quantitative estimate of drug-likeness (QED) is 0.881. The van der Waals surface area contributed by atoms with Crippen LogP contribution in [0.1, 0.15) is 67.4 Å². The topological polar surface area (TPSA) is 47.0 Å². The molecule has 0 aromatic heterocycles. The van der Waals surface area contributed by atoms with E-state index in [9.17, 15) is 9.90 Å². The van der Waals surface area contributed by atoms with Crippen LogP contribution < -0.4 is 0 Å². The van der Waals surface area contributed by atoms with E-state index in [0.717, 1.165) is 56.8 Å². The van der Waals surface area contributed by atoms with Gasteiger partial charge < -0.3 is 14.9 Å². The number of piperazine rings is 1. The van der Waals surface area contributed by atoms with Crippen molar-refractivity contribution in [1.82, 2.24) is 14.7 Å². The van der Waals surface area contributed by atoms with Crippen LogP contribution in [0.3, 0.4) is 0 Å². The van der Waals surface area contributed by atoms with Crippen molar-refractivity contribution in [1.29, 1.82) is 0 Å². The Balaban J connectivity index is 1.78. The highest BCUT2D eigenvalue weighted by atomic mass is 16.3. The van der Waals surface area contributed by atoms with Crippen molar-refractivity contribution in [3.63, 3.8) is 0 Å². The van der Waals surface area contributed by atoms with Crippen LogP contribution >= 0.6 is 0 Å². The molecule has 5 heteroatoms. The first kappa shape index (κ1) is 20.2. The molecule has 1 amide bonds. The van der Waals surface area contributed by atoms with Gasteiger partial charge in [0.15, 0.2) is 0 Å². The van der Waals surface area contributed by atoms with Gasteiger partial charge in [0, 0.05) is 45.3 Å². The molecule has 1 atom stereocenters. The Morgan fingerprint density at radius 2 is 1.70 bits per heavy atom. The summed E-state index contributed by atoms with van der Waals surface area (Å²) in [4.78, 5) is 20.1. The average molecular weight is 374 g/mol. The molecule has 5 nitrogen and oxygen atoms in total. The zero-order valence-electron chi connectivity index (χ0n) is 17.5. The number of hydrogen-bond donors (Lipinski definition) is 1. The first-order valence-corrected chi connectivity index (χ1v) is 10.4. The van der Waals surface area contributed by atoms with Crippen LogP contribution in [0.25, 0.3) is 0 Å². The van der Waals surface area contributed by atoms with Gasteiger partial charge in [-0.2, -0.15) is 0 Å². The third-order valence-corrected chi connectivity index (χ3v) is 6.19. The van der Waals surface area contributed by atoms with Gasteiger partial charge in [0.2, 0.25) is 0 Å². The fraction of sp³-hybridized carbons (Fsp3) is 0.682. The van der Waals surface area contributed by atoms with Crippen molar-refractivity contribution in [2.45, 2.75) is 52.0 Å². The summed E-state index contributed by atoms with van der Waals surface area (Å²) < 4.78 is 0. The van der Waals surface area contributed by atoms with Gasteiger partial charge in [-0.05, 0) is 42.5 Å². The summed E-state index contributed by atoms with van der Waals surface area (Å²) in [6.07, 6.45) is 1.02. The van der Waals surface area contributed by atoms with E-state index in [0.29, 0.717) is 17.5 Å². The molecular weight excluding hydrogens is 338 g/mol. The van der Waals surface area contributed by atoms with Gasteiger partial charge in [-0.15, -0.1) is 0 Å². The average Bonchev–Trinajstić information content (AvgIpc) is 3.11. The summed E-state index contributed by atoms with van der Waals surface area (Å²) in [6.45, 7) is 14.3. The molecule has 1 aromatic carbocycles. The smallest absolute Gasteiger partial charge is 0.257 e. The Kier molecular flexibility index (Phi) is 6.11. The molecule has 1 unspecified atom stereocenters. The molecule has 2 aliphatic rings. The summed E-state index contributed by atoms with van der Waals surface area (Å²) in [5.41, 5.74) is 2.47. The van der Waals surface area contributed by atoms with Crippen molar-refractivity contribution in [3.8, 4) is 5.75 Å². The predicted molar refractivity (Wildman–Crippen MR) is 110 cm³/mol. The van der Waals surface area contributed by atoms with Gasteiger partial charge in [-0.3, -0.25) is 9.69 Å². The Morgan fingerprint density at radius 1 is 1.04 bits per heavy atom. The molecule has 0 bridgehead atoms. The van der Waals surface area contributed by atoms with Crippen LogP contribution in [0.4, 0.5) is 0 Å². The summed E-state index contributed by atoms with van der Waals surface area (Å²) in [6, 6.07) is 4.40. The monoisotopic (exact) mass is 373 g/mol. The van der Waals surface area contributed by atoms with Crippen LogP contribution in [0, 0.1) is 0 Å². The lowest BCUT2D eigenvalue weighted by Gasteiger charge is -2.36. The molecule has 2 heterocycles. The number of likely N-dealkylation sites (tertiary alicyclic amines) is 1. The van der Waals surface area contributed by atoms with Crippen LogP contribution in [-0.4, -0.2) is 78.1 Å². The summed E-state index contributed by atoms with van der Waals surface area (Å²) in [5.74, 6) is 0.661. The van der Waals surface area contributed by atoms with E-state index < -0.39 is 0 Å². The van der Waals surface area contributed by atoms with E-state index in [1.165, 1.54) is 0 Å². The highest BCUT2D eigenvalue weighted by Gasteiger charge is 2.33. The molecule has 150 valence electrons. The predicted octanol–water partition coefficient (Wildman–Crippen LogP) is 3.10. The number of carbonyl (C=O) groups excluding carboxylic acids is 1. The van der Waals surface area contributed by atoms with Crippen LogP contribution in [0.15, 0.2) is 12.1 Å². The molecule has 0 radical (unpaired) electrons. The van der Waals surface area contributed by atoms with Gasteiger partial charge in [0.25, 0.3) is 5.91 Å². The summed E-state index contributed by atoms with van der Waals surface area (Å²) in [5, 5.41) is 10.8. The molecule has 2 fully saturated rings. The number of rotatable bonds is 4. The van der Waals surface area contributed by atoms with Crippen LogP contribution in [0.2, 0.25) is 0 Å².